The number of nitrogens with zero attached hydrogens (tertiary/aromatic N) is 1. The largest absolute Gasteiger partial charge is 0.444 e. The van der Waals surface area contributed by atoms with Crippen LogP contribution in [0.1, 0.15) is 69.3 Å². The summed E-state index contributed by atoms with van der Waals surface area (Å²) in [6.07, 6.45) is 1.59. The maximum absolute atomic E-state index is 12.2. The van der Waals surface area contributed by atoms with Gasteiger partial charge in [0.05, 0.1) is 32.5 Å². The molecule has 7 nitrogen and oxygen atoms in total. The normalized spacial score (nSPS) is 17.5. The highest BCUT2D eigenvalue weighted by Crippen LogP contribution is 2.19. The van der Waals surface area contributed by atoms with Crippen molar-refractivity contribution in [3.05, 3.63) is 35.4 Å². The van der Waals surface area contributed by atoms with Crippen LogP contribution >= 0.6 is 0 Å². The summed E-state index contributed by atoms with van der Waals surface area (Å²) in [5.74, 6) is 0.404. The molecule has 2 unspecified atom stereocenters. The molecule has 1 aliphatic rings. The molecular formula is C24H38N2O5. The maximum Gasteiger partial charge on any atom is 0.410 e. The maximum atomic E-state index is 12.2. The molecule has 2 rings (SSSR count). The van der Waals surface area contributed by atoms with Gasteiger partial charge in [-0.3, -0.25) is 4.79 Å². The molecule has 0 saturated carbocycles. The van der Waals surface area contributed by atoms with Crippen LogP contribution in [0.4, 0.5) is 4.79 Å². The van der Waals surface area contributed by atoms with Crippen LogP contribution in [0.2, 0.25) is 0 Å². The minimum Gasteiger partial charge on any atom is -0.444 e. The fourth-order valence-corrected chi connectivity index (χ4v) is 3.27. The zero-order valence-electron chi connectivity index (χ0n) is 19.6. The van der Waals surface area contributed by atoms with Gasteiger partial charge in [-0.05, 0) is 57.2 Å². The molecule has 7 heteroatoms. The van der Waals surface area contributed by atoms with Crippen molar-refractivity contribution in [1.82, 2.24) is 10.2 Å². The van der Waals surface area contributed by atoms with E-state index in [9.17, 15) is 9.59 Å². The van der Waals surface area contributed by atoms with Gasteiger partial charge < -0.3 is 24.4 Å². The van der Waals surface area contributed by atoms with Crippen LogP contribution < -0.4 is 5.32 Å². The highest BCUT2D eigenvalue weighted by molar-refractivity contribution is 5.94. The van der Waals surface area contributed by atoms with Gasteiger partial charge in [-0.15, -0.1) is 0 Å². The standard InChI is InChI=1S/C24H38N2O5/c1-6-18(2)19-7-9-20(10-8-19)22(27)25-12-14-29-15-16-30-21-11-13-26(17-21)23(28)31-24(3,4)5/h7-10,18,21H,6,11-17H2,1-5H3,(H,25,27). The van der Waals surface area contributed by atoms with Gasteiger partial charge in [0.15, 0.2) is 0 Å². The van der Waals surface area contributed by atoms with E-state index in [-0.39, 0.29) is 18.1 Å². The van der Waals surface area contributed by atoms with Crippen molar-refractivity contribution in [2.24, 2.45) is 0 Å². The fourth-order valence-electron chi connectivity index (χ4n) is 3.27. The fraction of sp³-hybridized carbons (Fsp3) is 0.667. The molecule has 0 aromatic heterocycles. The third-order valence-electron chi connectivity index (χ3n) is 5.26. The average molecular weight is 435 g/mol. The second-order valence-corrected chi connectivity index (χ2v) is 9.01. The van der Waals surface area contributed by atoms with Gasteiger partial charge in [0.2, 0.25) is 0 Å². The molecule has 2 amide bonds. The van der Waals surface area contributed by atoms with Gasteiger partial charge in [0.1, 0.15) is 5.60 Å². The van der Waals surface area contributed by atoms with Gasteiger partial charge in [-0.1, -0.05) is 26.0 Å². The third-order valence-corrected chi connectivity index (χ3v) is 5.26. The Morgan fingerprint density at radius 1 is 1.16 bits per heavy atom. The Kier molecular flexibility index (Phi) is 9.78. The number of amides is 2. The number of hydrogen-bond donors (Lipinski definition) is 1. The molecule has 0 bridgehead atoms. The minimum atomic E-state index is -0.490. The average Bonchev–Trinajstić information content (AvgIpc) is 3.20. The van der Waals surface area contributed by atoms with Crippen molar-refractivity contribution < 1.29 is 23.8 Å². The molecule has 1 aromatic rings. The molecule has 0 aliphatic carbocycles. The van der Waals surface area contributed by atoms with Crippen LogP contribution in [0.15, 0.2) is 24.3 Å². The summed E-state index contributed by atoms with van der Waals surface area (Å²) in [6.45, 7) is 12.9. The van der Waals surface area contributed by atoms with Gasteiger partial charge >= 0.3 is 6.09 Å². The molecule has 1 heterocycles. The predicted molar refractivity (Wildman–Crippen MR) is 120 cm³/mol. The molecule has 31 heavy (non-hydrogen) atoms. The summed E-state index contributed by atoms with van der Waals surface area (Å²) < 4.78 is 16.7. The Morgan fingerprint density at radius 3 is 2.52 bits per heavy atom. The molecule has 174 valence electrons. The van der Waals surface area contributed by atoms with Crippen molar-refractivity contribution in [3.8, 4) is 0 Å². The lowest BCUT2D eigenvalue weighted by molar-refractivity contribution is 0.00329. The summed E-state index contributed by atoms with van der Waals surface area (Å²) in [5, 5.41) is 2.87. The van der Waals surface area contributed by atoms with E-state index < -0.39 is 5.60 Å². The molecule has 2 atom stereocenters. The van der Waals surface area contributed by atoms with Crippen molar-refractivity contribution in [1.29, 1.82) is 0 Å². The lowest BCUT2D eigenvalue weighted by Gasteiger charge is -2.24. The lowest BCUT2D eigenvalue weighted by Crippen LogP contribution is -2.36. The zero-order chi connectivity index (χ0) is 22.9. The summed E-state index contributed by atoms with van der Waals surface area (Å²) in [5.41, 5.74) is 1.42. The summed E-state index contributed by atoms with van der Waals surface area (Å²) >= 11 is 0. The molecule has 0 spiro atoms. The van der Waals surface area contributed by atoms with E-state index in [1.807, 2.05) is 45.0 Å². The minimum absolute atomic E-state index is 0.00854. The monoisotopic (exact) mass is 434 g/mol. The van der Waals surface area contributed by atoms with Crippen molar-refractivity contribution in [3.63, 3.8) is 0 Å². The SMILES string of the molecule is CCC(C)c1ccc(C(=O)NCCOCCOC2CCN(C(=O)OC(C)(C)C)C2)cc1. The van der Waals surface area contributed by atoms with E-state index in [4.69, 9.17) is 14.2 Å². The number of ether oxygens (including phenoxy) is 3. The Morgan fingerprint density at radius 2 is 1.87 bits per heavy atom. The number of nitrogens with one attached hydrogen (secondary N) is 1. The van der Waals surface area contributed by atoms with E-state index in [0.717, 1.165) is 12.8 Å². The number of rotatable bonds is 10. The molecule has 1 N–H and O–H groups in total. The van der Waals surface area contributed by atoms with Crippen LogP contribution in [-0.4, -0.2) is 68.1 Å². The van der Waals surface area contributed by atoms with E-state index >= 15 is 0 Å². The van der Waals surface area contributed by atoms with E-state index in [1.54, 1.807) is 4.90 Å². The first kappa shape index (κ1) is 25.1. The van der Waals surface area contributed by atoms with Gasteiger partial charge in [0, 0.05) is 18.7 Å². The third kappa shape index (κ3) is 8.87. The number of carbonyl (C=O) groups excluding carboxylic acids is 2. The Labute approximate surface area is 186 Å². The van der Waals surface area contributed by atoms with Crippen molar-refractivity contribution >= 4 is 12.0 Å². The number of carbonyl (C=O) groups is 2. The molecular weight excluding hydrogens is 396 g/mol. The van der Waals surface area contributed by atoms with Crippen LogP contribution in [0, 0.1) is 0 Å². The van der Waals surface area contributed by atoms with Gasteiger partial charge in [-0.25, -0.2) is 4.79 Å². The molecule has 1 saturated heterocycles. The van der Waals surface area contributed by atoms with Gasteiger partial charge in [-0.2, -0.15) is 0 Å². The second kappa shape index (κ2) is 12.1. The Bertz CT molecular complexity index is 699. The van der Waals surface area contributed by atoms with E-state index in [2.05, 4.69) is 19.2 Å². The first-order chi connectivity index (χ1) is 14.7. The van der Waals surface area contributed by atoms with Crippen LogP contribution in [0.3, 0.4) is 0 Å². The van der Waals surface area contributed by atoms with Crippen LogP contribution in [-0.2, 0) is 14.2 Å². The quantitative estimate of drug-likeness (QED) is 0.564. The van der Waals surface area contributed by atoms with Crippen LogP contribution in [0.25, 0.3) is 0 Å². The van der Waals surface area contributed by atoms with Crippen LogP contribution in [0.5, 0.6) is 0 Å². The summed E-state index contributed by atoms with van der Waals surface area (Å²) in [6, 6.07) is 7.77. The smallest absolute Gasteiger partial charge is 0.410 e. The predicted octanol–water partition coefficient (Wildman–Crippen LogP) is 3.97. The molecule has 1 fully saturated rings. The van der Waals surface area contributed by atoms with E-state index in [0.29, 0.717) is 50.9 Å². The number of benzene rings is 1. The molecule has 0 radical (unpaired) electrons. The van der Waals surface area contributed by atoms with E-state index in [1.165, 1.54) is 5.56 Å². The van der Waals surface area contributed by atoms with Gasteiger partial charge in [0.25, 0.3) is 5.91 Å². The summed E-state index contributed by atoms with van der Waals surface area (Å²) in [7, 11) is 0. The highest BCUT2D eigenvalue weighted by Gasteiger charge is 2.30. The molecule has 1 aromatic carbocycles. The topological polar surface area (TPSA) is 77.1 Å². The Hall–Kier alpha value is -2.12. The summed E-state index contributed by atoms with van der Waals surface area (Å²) in [4.78, 5) is 25.9. The Balaban J connectivity index is 1.54. The lowest BCUT2D eigenvalue weighted by atomic mass is 9.97. The highest BCUT2D eigenvalue weighted by atomic mass is 16.6. The number of likely N-dealkylation sites (tertiary alicyclic amines) is 1. The first-order valence-corrected chi connectivity index (χ1v) is 11.2. The van der Waals surface area contributed by atoms with Crippen molar-refractivity contribution in [2.45, 2.75) is 65.1 Å². The molecule has 1 aliphatic heterocycles. The number of hydrogen-bond acceptors (Lipinski definition) is 5. The second-order valence-electron chi connectivity index (χ2n) is 9.01. The first-order valence-electron chi connectivity index (χ1n) is 11.2. The zero-order valence-corrected chi connectivity index (χ0v) is 19.6. The van der Waals surface area contributed by atoms with Crippen molar-refractivity contribution in [2.75, 3.05) is 39.5 Å².